The quantitative estimate of drug-likeness (QED) is 0.496. The fourth-order valence-corrected chi connectivity index (χ4v) is 3.54. The lowest BCUT2D eigenvalue weighted by Gasteiger charge is -2.31. The summed E-state index contributed by atoms with van der Waals surface area (Å²) in [5.74, 6) is 2.34. The predicted molar refractivity (Wildman–Crippen MR) is 46.3 cm³/mol. The van der Waals surface area contributed by atoms with E-state index in [-0.39, 0.29) is 0 Å². The van der Waals surface area contributed by atoms with Crippen molar-refractivity contribution in [1.29, 1.82) is 0 Å². The van der Waals surface area contributed by atoms with Gasteiger partial charge in [-0.2, -0.15) is 0 Å². The Morgan fingerprint density at radius 1 is 0.818 bits per heavy atom. The van der Waals surface area contributed by atoms with Gasteiger partial charge in [0.15, 0.2) is 0 Å². The van der Waals surface area contributed by atoms with Gasteiger partial charge in [-0.25, -0.2) is 0 Å². The van der Waals surface area contributed by atoms with E-state index in [9.17, 15) is 0 Å². The summed E-state index contributed by atoms with van der Waals surface area (Å²) in [5, 5.41) is 0. The summed E-state index contributed by atoms with van der Waals surface area (Å²) in [6, 6.07) is 0. The number of hydrogen-bond acceptors (Lipinski definition) is 0. The molecule has 2 atom stereocenters. The zero-order chi connectivity index (χ0) is 7.31. The van der Waals surface area contributed by atoms with Gasteiger partial charge in [0.2, 0.25) is 0 Å². The molecule has 0 saturated heterocycles. The molecule has 3 aliphatic carbocycles. The molecule has 0 aliphatic heterocycles. The average molecular weight is 150 g/mol. The Bertz CT molecular complexity index is 167. The molecule has 3 rings (SSSR count). The fourth-order valence-electron chi connectivity index (χ4n) is 3.54. The molecule has 3 saturated carbocycles. The summed E-state index contributed by atoms with van der Waals surface area (Å²) in [4.78, 5) is 0. The maximum atomic E-state index is 1.62. The van der Waals surface area contributed by atoms with Gasteiger partial charge in [0.1, 0.15) is 0 Å². The highest BCUT2D eigenvalue weighted by Crippen LogP contribution is 2.61. The molecule has 0 radical (unpaired) electrons. The first-order valence-corrected chi connectivity index (χ1v) is 5.38. The smallest absolute Gasteiger partial charge is 0.0294 e. The predicted octanol–water partition coefficient (Wildman–Crippen LogP) is 3.37. The van der Waals surface area contributed by atoms with Crippen LogP contribution in [0.15, 0.2) is 0 Å². The van der Waals surface area contributed by atoms with Crippen molar-refractivity contribution in [2.45, 2.75) is 51.4 Å². The van der Waals surface area contributed by atoms with Crippen LogP contribution in [0.5, 0.6) is 0 Å². The van der Waals surface area contributed by atoms with Gasteiger partial charge in [-0.15, -0.1) is 0 Å². The summed E-state index contributed by atoms with van der Waals surface area (Å²) in [6.07, 6.45) is 12.7. The van der Waals surface area contributed by atoms with Crippen molar-refractivity contribution in [3.05, 3.63) is 0 Å². The summed E-state index contributed by atoms with van der Waals surface area (Å²) in [5.41, 5.74) is 0.922. The third kappa shape index (κ3) is 0.947. The summed E-state index contributed by atoms with van der Waals surface area (Å²) >= 11 is 0. The van der Waals surface area contributed by atoms with Crippen LogP contribution in [0, 0.1) is 17.3 Å². The van der Waals surface area contributed by atoms with Gasteiger partial charge in [-0.1, -0.05) is 19.3 Å². The molecular weight excluding hydrogens is 132 g/mol. The van der Waals surface area contributed by atoms with Crippen molar-refractivity contribution in [3.8, 4) is 0 Å². The minimum atomic E-state index is 0.922. The van der Waals surface area contributed by atoms with Gasteiger partial charge in [0, 0.05) is 0 Å². The Balaban J connectivity index is 1.75. The lowest BCUT2D eigenvalue weighted by molar-refractivity contribution is 0.192. The van der Waals surface area contributed by atoms with Gasteiger partial charge in [0.05, 0.1) is 0 Å². The second-order valence-electron chi connectivity index (χ2n) is 5.19. The molecule has 1 spiro atoms. The first-order chi connectivity index (χ1) is 5.38. The fraction of sp³-hybridized carbons (Fsp3) is 1.00. The third-order valence-corrected chi connectivity index (χ3v) is 4.51. The number of rotatable bonds is 0. The Kier molecular flexibility index (Phi) is 1.20. The van der Waals surface area contributed by atoms with Gasteiger partial charge in [-0.05, 0) is 49.4 Å². The van der Waals surface area contributed by atoms with E-state index in [0.717, 1.165) is 5.41 Å². The molecule has 11 heavy (non-hydrogen) atoms. The van der Waals surface area contributed by atoms with Crippen molar-refractivity contribution in [3.63, 3.8) is 0 Å². The Morgan fingerprint density at radius 2 is 1.64 bits per heavy atom. The summed E-state index contributed by atoms with van der Waals surface area (Å²) in [7, 11) is 0. The molecule has 62 valence electrons. The highest BCUT2D eigenvalue weighted by molar-refractivity contribution is 5.00. The topological polar surface area (TPSA) is 0 Å². The van der Waals surface area contributed by atoms with E-state index in [4.69, 9.17) is 0 Å². The molecule has 0 N–H and O–H groups in total. The van der Waals surface area contributed by atoms with E-state index in [1.54, 1.807) is 51.4 Å². The molecule has 0 heteroatoms. The highest BCUT2D eigenvalue weighted by atomic mass is 14.5. The monoisotopic (exact) mass is 150 g/mol. The molecule has 3 aliphatic rings. The molecule has 0 aromatic heterocycles. The standard InChI is InChI=1S/C11H18/c1-2-9-4-5-11(6-7-11)8-10(9)3-1/h9-10H,1-8H2. The molecular formula is C11H18. The Hall–Kier alpha value is 0. The largest absolute Gasteiger partial charge is 0.0528 e. The minimum Gasteiger partial charge on any atom is -0.0528 e. The second kappa shape index (κ2) is 2.02. The van der Waals surface area contributed by atoms with E-state index in [2.05, 4.69) is 0 Å². The van der Waals surface area contributed by atoms with E-state index in [0.29, 0.717) is 0 Å². The molecule has 0 bridgehead atoms. The Morgan fingerprint density at radius 3 is 2.45 bits per heavy atom. The van der Waals surface area contributed by atoms with Crippen LogP contribution in [0.3, 0.4) is 0 Å². The van der Waals surface area contributed by atoms with Crippen molar-refractivity contribution < 1.29 is 0 Å². The van der Waals surface area contributed by atoms with Crippen molar-refractivity contribution in [1.82, 2.24) is 0 Å². The first-order valence-electron chi connectivity index (χ1n) is 5.38. The van der Waals surface area contributed by atoms with Crippen LogP contribution in [0.1, 0.15) is 51.4 Å². The van der Waals surface area contributed by atoms with Gasteiger partial charge in [-0.3, -0.25) is 0 Å². The van der Waals surface area contributed by atoms with Crippen LogP contribution in [0.2, 0.25) is 0 Å². The lowest BCUT2D eigenvalue weighted by atomic mass is 9.74. The van der Waals surface area contributed by atoms with Gasteiger partial charge in [0.25, 0.3) is 0 Å². The van der Waals surface area contributed by atoms with Crippen molar-refractivity contribution >= 4 is 0 Å². The number of hydrogen-bond donors (Lipinski definition) is 0. The zero-order valence-electron chi connectivity index (χ0n) is 7.31. The molecule has 0 aromatic rings. The Labute approximate surface area is 69.4 Å². The van der Waals surface area contributed by atoms with Crippen LogP contribution in [0.4, 0.5) is 0 Å². The van der Waals surface area contributed by atoms with Gasteiger partial charge < -0.3 is 0 Å². The molecule has 0 aromatic carbocycles. The first kappa shape index (κ1) is 6.51. The van der Waals surface area contributed by atoms with Crippen LogP contribution < -0.4 is 0 Å². The molecule has 0 heterocycles. The van der Waals surface area contributed by atoms with E-state index in [1.807, 2.05) is 0 Å². The minimum absolute atomic E-state index is 0.922. The van der Waals surface area contributed by atoms with E-state index in [1.165, 1.54) is 11.8 Å². The molecule has 2 unspecified atom stereocenters. The van der Waals surface area contributed by atoms with Crippen molar-refractivity contribution in [2.75, 3.05) is 0 Å². The molecule has 3 fully saturated rings. The average Bonchev–Trinajstić information content (AvgIpc) is 2.63. The maximum absolute atomic E-state index is 1.62. The SMILES string of the molecule is C1CC2CCC3(CC3)CC2C1. The lowest BCUT2D eigenvalue weighted by Crippen LogP contribution is -2.21. The summed E-state index contributed by atoms with van der Waals surface area (Å²) < 4.78 is 0. The maximum Gasteiger partial charge on any atom is -0.0294 e. The molecule has 0 nitrogen and oxygen atoms in total. The van der Waals surface area contributed by atoms with Crippen LogP contribution >= 0.6 is 0 Å². The van der Waals surface area contributed by atoms with Crippen LogP contribution in [0.25, 0.3) is 0 Å². The summed E-state index contributed by atoms with van der Waals surface area (Å²) in [6.45, 7) is 0. The van der Waals surface area contributed by atoms with Crippen molar-refractivity contribution in [2.24, 2.45) is 17.3 Å². The zero-order valence-corrected chi connectivity index (χ0v) is 7.31. The normalized spacial score (nSPS) is 45.8. The third-order valence-electron chi connectivity index (χ3n) is 4.51. The van der Waals surface area contributed by atoms with E-state index < -0.39 is 0 Å². The van der Waals surface area contributed by atoms with Gasteiger partial charge >= 0.3 is 0 Å². The number of fused-ring (bicyclic) bond motifs is 1. The second-order valence-corrected chi connectivity index (χ2v) is 5.19. The van der Waals surface area contributed by atoms with Crippen LogP contribution in [-0.4, -0.2) is 0 Å². The van der Waals surface area contributed by atoms with E-state index >= 15 is 0 Å². The highest BCUT2D eigenvalue weighted by Gasteiger charge is 2.49. The molecule has 0 amide bonds. The van der Waals surface area contributed by atoms with Crippen LogP contribution in [-0.2, 0) is 0 Å².